The standard InChI is InChI=1S/C32HClF16N8/c33-9-1-2(10(34)18(42)17(9)41)29-51-25(1)50-26-3-4(12(36)20(44)19(43)11(3)35)27(52-26)53-28-5-6(14(38)22(46)21(45)13(5)37)30(54-28)56-32-8-7(31(55-29)57(32)49)15(39)23(47)24(48)16(8)40/h(H,50,51,52,53,54,55,56). The average Bonchev–Trinajstić information content (AvgIpc) is 3.91. The highest BCUT2D eigenvalue weighted by Gasteiger charge is 2.37. The molecule has 0 fully saturated rings. The fourth-order valence-corrected chi connectivity index (χ4v) is 6.55. The third-order valence-corrected chi connectivity index (χ3v) is 9.13. The van der Waals surface area contributed by atoms with Crippen molar-refractivity contribution in [1.29, 1.82) is 0 Å². The zero-order valence-electron chi connectivity index (χ0n) is 26.1. The van der Waals surface area contributed by atoms with E-state index in [9.17, 15) is 35.1 Å². The summed E-state index contributed by atoms with van der Waals surface area (Å²) in [6.45, 7) is 0. The summed E-state index contributed by atoms with van der Waals surface area (Å²) in [7, 11) is 0. The number of benzene rings is 4. The Hall–Kier alpha value is -6.59. The first-order chi connectivity index (χ1) is 26.9. The second-order valence-corrected chi connectivity index (χ2v) is 12.1. The van der Waals surface area contributed by atoms with Crippen molar-refractivity contribution in [3.05, 3.63) is 92.3 Å². The molecule has 9 rings (SSSR count). The molecule has 288 valence electrons. The molecule has 0 unspecified atom stereocenters. The predicted octanol–water partition coefficient (Wildman–Crippen LogP) is 9.82. The number of hydrogen-bond acceptors (Lipinski definition) is 6. The van der Waals surface area contributed by atoms with Gasteiger partial charge in [0, 0.05) is 0 Å². The van der Waals surface area contributed by atoms with E-state index in [0.717, 1.165) is 0 Å². The van der Waals surface area contributed by atoms with Crippen LogP contribution in [0.3, 0.4) is 0 Å². The Balaban J connectivity index is 1.63. The molecular formula is C32HClF16N8. The molecule has 8 bridgehead atoms. The molecule has 7 aromatic rings. The molecule has 0 spiro atoms. The van der Waals surface area contributed by atoms with Crippen LogP contribution in [0.4, 0.5) is 70.3 Å². The van der Waals surface area contributed by atoms with Crippen molar-refractivity contribution in [3.63, 3.8) is 0 Å². The van der Waals surface area contributed by atoms with E-state index >= 15 is 35.2 Å². The molecule has 8 nitrogen and oxygen atoms in total. The molecule has 57 heavy (non-hydrogen) atoms. The van der Waals surface area contributed by atoms with Crippen LogP contribution in [0.25, 0.3) is 89.7 Å². The Morgan fingerprint density at radius 2 is 0.632 bits per heavy atom. The maximum absolute atomic E-state index is 16.4. The molecule has 4 aromatic carbocycles. The maximum Gasteiger partial charge on any atom is 0.198 e. The lowest BCUT2D eigenvalue weighted by Crippen LogP contribution is -2.01. The number of rotatable bonds is 0. The van der Waals surface area contributed by atoms with Gasteiger partial charge in [0.15, 0.2) is 122 Å². The SMILES string of the molecule is Fc1c(F)c(F)c2c(c1F)-c1nc-2nc2c3c(F)c(F)c(F)c(F)c3c(nc3nc(nc4[nH]c(n1)c1c(F)c(F)c(F)c(F)c41)-c1c(Cl)c(F)c(F)c(F)c1-3)n2F. The van der Waals surface area contributed by atoms with Crippen LogP contribution in [0.5, 0.6) is 0 Å². The summed E-state index contributed by atoms with van der Waals surface area (Å²) < 4.78 is 242. The van der Waals surface area contributed by atoms with Gasteiger partial charge >= 0.3 is 0 Å². The quantitative estimate of drug-likeness (QED) is 0.0929. The van der Waals surface area contributed by atoms with Crippen molar-refractivity contribution in [2.24, 2.45) is 0 Å². The summed E-state index contributed by atoms with van der Waals surface area (Å²) >= 11 is 5.92. The van der Waals surface area contributed by atoms with Crippen LogP contribution in [0.15, 0.2) is 0 Å². The molecule has 0 radical (unpaired) electrons. The van der Waals surface area contributed by atoms with Crippen LogP contribution < -0.4 is 0 Å². The molecule has 5 heterocycles. The fraction of sp³-hybridized carbons (Fsp3) is 0. The van der Waals surface area contributed by atoms with Gasteiger partial charge in [-0.25, -0.2) is 95.8 Å². The second kappa shape index (κ2) is 11.7. The molecule has 1 N–H and O–H groups in total. The summed E-state index contributed by atoms with van der Waals surface area (Å²) in [5.41, 5.74) is -11.9. The molecule has 2 aliphatic heterocycles. The van der Waals surface area contributed by atoms with Crippen molar-refractivity contribution in [2.75, 3.05) is 0 Å². The van der Waals surface area contributed by atoms with Crippen LogP contribution in [0.2, 0.25) is 5.02 Å². The molecule has 0 saturated heterocycles. The van der Waals surface area contributed by atoms with Gasteiger partial charge < -0.3 is 4.98 Å². The molecule has 0 aliphatic carbocycles. The van der Waals surface area contributed by atoms with Gasteiger partial charge in [0.1, 0.15) is 11.3 Å². The minimum absolute atomic E-state index is 1.05. The molecule has 25 heteroatoms. The van der Waals surface area contributed by atoms with Crippen molar-refractivity contribution in [3.8, 4) is 45.6 Å². The van der Waals surface area contributed by atoms with Crippen molar-refractivity contribution >= 4 is 55.7 Å². The lowest BCUT2D eigenvalue weighted by atomic mass is 10.1. The Morgan fingerprint density at radius 3 is 1.04 bits per heavy atom. The summed E-state index contributed by atoms with van der Waals surface area (Å²) in [6, 6.07) is 0. The normalized spacial score (nSPS) is 12.3. The zero-order chi connectivity index (χ0) is 41.0. The van der Waals surface area contributed by atoms with Gasteiger partial charge in [-0.1, -0.05) is 16.1 Å². The van der Waals surface area contributed by atoms with Gasteiger partial charge in [0.25, 0.3) is 0 Å². The Kier molecular flexibility index (Phi) is 7.42. The molecular weight excluding hydrogens is 836 g/mol. The first-order valence-electron chi connectivity index (χ1n) is 14.8. The highest BCUT2D eigenvalue weighted by atomic mass is 35.5. The number of hydrogen-bond donors (Lipinski definition) is 1. The highest BCUT2D eigenvalue weighted by molar-refractivity contribution is 6.34. The minimum atomic E-state index is -2.65. The Bertz CT molecular complexity index is 3080. The van der Waals surface area contributed by atoms with Crippen LogP contribution in [0.1, 0.15) is 0 Å². The smallest absolute Gasteiger partial charge is 0.198 e. The van der Waals surface area contributed by atoms with E-state index in [4.69, 9.17) is 11.6 Å². The summed E-state index contributed by atoms with van der Waals surface area (Å²) in [4.78, 5) is 22.1. The molecule has 3 aromatic heterocycles. The van der Waals surface area contributed by atoms with Crippen LogP contribution in [0, 0.1) is 87.3 Å². The van der Waals surface area contributed by atoms with Crippen LogP contribution in [-0.4, -0.2) is 39.7 Å². The second-order valence-electron chi connectivity index (χ2n) is 11.7. The molecule has 0 saturated carbocycles. The monoisotopic (exact) mass is 836 g/mol. The number of fused-ring (bicyclic) bond motifs is 20. The first-order valence-corrected chi connectivity index (χ1v) is 15.2. The van der Waals surface area contributed by atoms with Crippen molar-refractivity contribution in [1.82, 2.24) is 39.7 Å². The lowest BCUT2D eigenvalue weighted by Gasteiger charge is -2.06. The van der Waals surface area contributed by atoms with Gasteiger partial charge in [0.2, 0.25) is 0 Å². The third-order valence-electron chi connectivity index (χ3n) is 8.77. The molecule has 2 aliphatic rings. The number of H-pyrrole nitrogens is 1. The van der Waals surface area contributed by atoms with E-state index in [-0.39, 0.29) is 0 Å². The summed E-state index contributed by atoms with van der Waals surface area (Å²) in [6.07, 6.45) is 0. The first kappa shape index (κ1) is 36.1. The van der Waals surface area contributed by atoms with Gasteiger partial charge in [0.05, 0.1) is 48.8 Å². The van der Waals surface area contributed by atoms with E-state index in [2.05, 4.69) is 29.9 Å². The zero-order valence-corrected chi connectivity index (χ0v) is 26.8. The maximum atomic E-state index is 16.4. The van der Waals surface area contributed by atoms with Gasteiger partial charge in [-0.05, 0) is 0 Å². The number of aromatic amines is 1. The number of aromatic nitrogens is 8. The number of nitrogens with one attached hydrogen (secondary N) is 1. The van der Waals surface area contributed by atoms with Gasteiger partial charge in [-0.3, -0.25) is 0 Å². The van der Waals surface area contributed by atoms with Crippen LogP contribution >= 0.6 is 11.6 Å². The van der Waals surface area contributed by atoms with E-state index in [0.29, 0.717) is 0 Å². The molecule has 0 amide bonds. The highest BCUT2D eigenvalue weighted by Crippen LogP contribution is 2.46. The van der Waals surface area contributed by atoms with Crippen molar-refractivity contribution < 1.29 is 70.3 Å². The number of nitrogens with zero attached hydrogens (tertiary/aromatic N) is 7. The fourth-order valence-electron chi connectivity index (χ4n) is 6.29. The van der Waals surface area contributed by atoms with E-state index in [1.165, 1.54) is 0 Å². The Morgan fingerprint density at radius 1 is 0.333 bits per heavy atom. The third kappa shape index (κ3) is 4.48. The predicted molar refractivity (Wildman–Crippen MR) is 161 cm³/mol. The topological polar surface area (TPSA) is 98.1 Å². The average molecular weight is 837 g/mol. The van der Waals surface area contributed by atoms with Crippen LogP contribution in [-0.2, 0) is 0 Å². The van der Waals surface area contributed by atoms with E-state index in [1.54, 1.807) is 0 Å². The largest absolute Gasteiger partial charge is 0.324 e. The van der Waals surface area contributed by atoms with E-state index in [1.807, 2.05) is 4.98 Å². The minimum Gasteiger partial charge on any atom is -0.324 e. The summed E-state index contributed by atoms with van der Waals surface area (Å²) in [5.74, 6) is -42.4. The van der Waals surface area contributed by atoms with Gasteiger partial charge in [-0.15, -0.1) is 4.79 Å². The number of halogens is 17. The van der Waals surface area contributed by atoms with Gasteiger partial charge in [-0.2, -0.15) is 0 Å². The summed E-state index contributed by atoms with van der Waals surface area (Å²) in [5, 5.41) is -7.80. The lowest BCUT2D eigenvalue weighted by molar-refractivity contribution is 0.398. The molecule has 0 atom stereocenters. The van der Waals surface area contributed by atoms with Crippen molar-refractivity contribution in [2.45, 2.75) is 0 Å². The van der Waals surface area contributed by atoms with E-state index < -0.39 is 187 Å². The Labute approximate surface area is 303 Å².